The lowest BCUT2D eigenvalue weighted by molar-refractivity contribution is -0.136. The molecular formula is C29H33N3O6. The summed E-state index contributed by atoms with van der Waals surface area (Å²) in [5.74, 6) is 1.42. The first kappa shape index (κ1) is 24.7. The van der Waals surface area contributed by atoms with Crippen molar-refractivity contribution in [3.63, 3.8) is 0 Å². The van der Waals surface area contributed by atoms with Crippen LogP contribution in [0.2, 0.25) is 0 Å². The zero-order chi connectivity index (χ0) is 26.2. The number of imide groups is 1. The Morgan fingerprint density at radius 1 is 0.921 bits per heavy atom. The molecule has 2 saturated heterocycles. The van der Waals surface area contributed by atoms with Crippen LogP contribution in [0, 0.1) is 0 Å². The molecule has 3 heterocycles. The molecule has 1 saturated carbocycles. The monoisotopic (exact) mass is 519 g/mol. The van der Waals surface area contributed by atoms with Crippen molar-refractivity contribution in [2.24, 2.45) is 0 Å². The molecule has 3 atom stereocenters. The maximum absolute atomic E-state index is 13.0. The Labute approximate surface area is 222 Å². The topological polar surface area (TPSA) is 97.4 Å². The lowest BCUT2D eigenvalue weighted by Crippen LogP contribution is -2.62. The number of piperidine rings is 1. The van der Waals surface area contributed by atoms with E-state index in [0.29, 0.717) is 24.6 Å². The van der Waals surface area contributed by atoms with Crippen LogP contribution in [0.25, 0.3) is 0 Å². The molecule has 9 heteroatoms. The number of fused-ring (bicyclic) bond motifs is 1. The zero-order valence-electron chi connectivity index (χ0n) is 21.6. The average Bonchev–Trinajstić information content (AvgIpc) is 3.22. The SMILES string of the molecule is COc1ccccc1OC1CN([C@@H]2CCCC[C@@H]2Oc2ccc3c(c2)CN(C2CCC(=O)NC2=O)C3=O)C1. The molecule has 9 nitrogen and oxygen atoms in total. The maximum Gasteiger partial charge on any atom is 0.255 e. The third-order valence-electron chi connectivity index (χ3n) is 8.16. The summed E-state index contributed by atoms with van der Waals surface area (Å²) in [6.07, 6.45) is 5.16. The molecule has 38 heavy (non-hydrogen) atoms. The van der Waals surface area contributed by atoms with Gasteiger partial charge in [-0.05, 0) is 61.6 Å². The first-order valence-corrected chi connectivity index (χ1v) is 13.5. The fraction of sp³-hybridized carbons (Fsp3) is 0.483. The van der Waals surface area contributed by atoms with Gasteiger partial charge in [0.2, 0.25) is 11.8 Å². The van der Waals surface area contributed by atoms with Crippen LogP contribution in [0.5, 0.6) is 17.2 Å². The van der Waals surface area contributed by atoms with E-state index in [1.165, 1.54) is 6.42 Å². The van der Waals surface area contributed by atoms with Gasteiger partial charge in [0.1, 0.15) is 24.0 Å². The third kappa shape index (κ3) is 4.71. The molecule has 1 aliphatic carbocycles. The van der Waals surface area contributed by atoms with Crippen LogP contribution in [0.1, 0.15) is 54.4 Å². The van der Waals surface area contributed by atoms with Gasteiger partial charge in [0.05, 0.1) is 7.11 Å². The van der Waals surface area contributed by atoms with Gasteiger partial charge in [0.25, 0.3) is 5.91 Å². The molecule has 0 aromatic heterocycles. The van der Waals surface area contributed by atoms with Crippen molar-refractivity contribution in [3.8, 4) is 17.2 Å². The number of rotatable bonds is 7. The van der Waals surface area contributed by atoms with Crippen molar-refractivity contribution >= 4 is 17.7 Å². The normalized spacial score (nSPS) is 26.0. The van der Waals surface area contributed by atoms with E-state index in [1.54, 1.807) is 18.1 Å². The lowest BCUT2D eigenvalue weighted by atomic mass is 9.89. The van der Waals surface area contributed by atoms with Crippen LogP contribution in [0.4, 0.5) is 0 Å². The highest BCUT2D eigenvalue weighted by atomic mass is 16.5. The first-order valence-electron chi connectivity index (χ1n) is 13.5. The van der Waals surface area contributed by atoms with E-state index in [-0.39, 0.29) is 30.4 Å². The van der Waals surface area contributed by atoms with Crippen molar-refractivity contribution in [2.75, 3.05) is 20.2 Å². The van der Waals surface area contributed by atoms with E-state index in [2.05, 4.69) is 10.2 Å². The lowest BCUT2D eigenvalue weighted by Gasteiger charge is -2.47. The maximum atomic E-state index is 13.0. The highest BCUT2D eigenvalue weighted by Crippen LogP contribution is 2.35. The fourth-order valence-electron chi connectivity index (χ4n) is 6.14. The Kier molecular flexibility index (Phi) is 6.69. The number of carbonyl (C=O) groups is 3. The number of para-hydroxylation sites is 2. The van der Waals surface area contributed by atoms with Crippen LogP contribution >= 0.6 is 0 Å². The summed E-state index contributed by atoms with van der Waals surface area (Å²) in [5.41, 5.74) is 1.46. The highest BCUT2D eigenvalue weighted by molar-refractivity contribution is 6.05. The minimum absolute atomic E-state index is 0.0670. The molecule has 1 unspecified atom stereocenters. The quantitative estimate of drug-likeness (QED) is 0.562. The molecule has 3 aliphatic heterocycles. The van der Waals surface area contributed by atoms with E-state index in [9.17, 15) is 14.4 Å². The number of ether oxygens (including phenoxy) is 3. The minimum Gasteiger partial charge on any atom is -0.493 e. The summed E-state index contributed by atoms with van der Waals surface area (Å²) < 4.78 is 18.1. The molecule has 2 aromatic rings. The molecular weight excluding hydrogens is 486 g/mol. The second-order valence-corrected chi connectivity index (χ2v) is 10.6. The smallest absolute Gasteiger partial charge is 0.255 e. The third-order valence-corrected chi connectivity index (χ3v) is 8.16. The first-order chi connectivity index (χ1) is 18.5. The van der Waals surface area contributed by atoms with E-state index in [0.717, 1.165) is 55.2 Å². The van der Waals surface area contributed by atoms with Crippen molar-refractivity contribution < 1.29 is 28.6 Å². The molecule has 1 N–H and O–H groups in total. The van der Waals surface area contributed by atoms with Crippen molar-refractivity contribution in [2.45, 2.75) is 69.4 Å². The summed E-state index contributed by atoms with van der Waals surface area (Å²) in [6.45, 7) is 2.05. The molecule has 0 spiro atoms. The number of nitrogens with zero attached hydrogens (tertiary/aromatic N) is 2. The van der Waals surface area contributed by atoms with Gasteiger partial charge in [-0.1, -0.05) is 18.6 Å². The Morgan fingerprint density at radius 3 is 2.50 bits per heavy atom. The molecule has 0 bridgehead atoms. The number of hydrogen-bond acceptors (Lipinski definition) is 7. The van der Waals surface area contributed by atoms with Crippen molar-refractivity contribution in [1.29, 1.82) is 0 Å². The predicted molar refractivity (Wildman–Crippen MR) is 138 cm³/mol. The van der Waals surface area contributed by atoms with Crippen LogP contribution < -0.4 is 19.5 Å². The van der Waals surface area contributed by atoms with Crippen molar-refractivity contribution in [3.05, 3.63) is 53.6 Å². The van der Waals surface area contributed by atoms with E-state index >= 15 is 0 Å². The van der Waals surface area contributed by atoms with Gasteiger partial charge < -0.3 is 19.1 Å². The summed E-state index contributed by atoms with van der Waals surface area (Å²) >= 11 is 0. The average molecular weight is 520 g/mol. The molecule has 3 amide bonds. The van der Waals surface area contributed by atoms with Crippen LogP contribution in [0.15, 0.2) is 42.5 Å². The van der Waals surface area contributed by atoms with Gasteiger partial charge in [-0.2, -0.15) is 0 Å². The number of likely N-dealkylation sites (tertiary alicyclic amines) is 1. The Morgan fingerprint density at radius 2 is 1.71 bits per heavy atom. The predicted octanol–water partition coefficient (Wildman–Crippen LogP) is 2.91. The molecule has 200 valence electrons. The largest absolute Gasteiger partial charge is 0.493 e. The molecule has 0 radical (unpaired) electrons. The number of amides is 3. The molecule has 2 aromatic carbocycles. The van der Waals surface area contributed by atoms with Crippen LogP contribution in [0.3, 0.4) is 0 Å². The van der Waals surface area contributed by atoms with Gasteiger partial charge >= 0.3 is 0 Å². The Balaban J connectivity index is 1.09. The Hall–Kier alpha value is -3.59. The Bertz CT molecular complexity index is 1240. The summed E-state index contributed by atoms with van der Waals surface area (Å²) in [4.78, 5) is 40.9. The summed E-state index contributed by atoms with van der Waals surface area (Å²) in [7, 11) is 1.65. The second kappa shape index (κ2) is 10.3. The molecule has 6 rings (SSSR count). The van der Waals surface area contributed by atoms with E-state index in [1.807, 2.05) is 36.4 Å². The number of hydrogen-bond donors (Lipinski definition) is 1. The van der Waals surface area contributed by atoms with Gasteiger partial charge in [-0.25, -0.2) is 0 Å². The summed E-state index contributed by atoms with van der Waals surface area (Å²) in [6, 6.07) is 13.0. The fourth-order valence-corrected chi connectivity index (χ4v) is 6.14. The highest BCUT2D eigenvalue weighted by Gasteiger charge is 2.41. The minimum atomic E-state index is -0.614. The van der Waals surface area contributed by atoms with Crippen molar-refractivity contribution in [1.82, 2.24) is 15.1 Å². The standard InChI is InChI=1S/C29H33N3O6/c1-36-25-8-4-5-9-26(25)38-20-16-31(17-20)22-6-2-3-7-24(22)37-19-10-11-21-18(14-19)15-32(29(21)35)23-12-13-27(33)30-28(23)34/h4-5,8-11,14,20,22-24H,2-3,6-7,12-13,15-17H2,1H3,(H,30,33,34)/t22-,23?,24+/m1/s1. The van der Waals surface area contributed by atoms with Gasteiger partial charge in [-0.3, -0.25) is 24.6 Å². The van der Waals surface area contributed by atoms with Gasteiger partial charge in [-0.15, -0.1) is 0 Å². The van der Waals surface area contributed by atoms with E-state index < -0.39 is 11.9 Å². The van der Waals surface area contributed by atoms with Crippen LogP contribution in [-0.4, -0.2) is 72.0 Å². The van der Waals surface area contributed by atoms with E-state index in [4.69, 9.17) is 14.2 Å². The number of nitrogens with one attached hydrogen (secondary N) is 1. The molecule has 4 aliphatic rings. The number of methoxy groups -OCH3 is 1. The zero-order valence-corrected chi connectivity index (χ0v) is 21.6. The van der Waals surface area contributed by atoms with Gasteiger partial charge in [0, 0.05) is 37.7 Å². The van der Waals surface area contributed by atoms with Crippen LogP contribution in [-0.2, 0) is 16.1 Å². The number of benzene rings is 2. The summed E-state index contributed by atoms with van der Waals surface area (Å²) in [5, 5.41) is 2.35. The molecule has 3 fully saturated rings. The van der Waals surface area contributed by atoms with Gasteiger partial charge in [0.15, 0.2) is 11.5 Å². The number of carbonyl (C=O) groups excluding carboxylic acids is 3. The second-order valence-electron chi connectivity index (χ2n) is 10.6.